The molecule has 9 nitrogen and oxygen atoms in total. The number of fused-ring (bicyclic) bond motifs is 1. The van der Waals surface area contributed by atoms with Crippen LogP contribution in [0.3, 0.4) is 0 Å². The van der Waals surface area contributed by atoms with Gasteiger partial charge in [-0.05, 0) is 38.0 Å². The van der Waals surface area contributed by atoms with Crippen molar-refractivity contribution in [3.63, 3.8) is 0 Å². The van der Waals surface area contributed by atoms with Gasteiger partial charge in [-0.1, -0.05) is 0 Å². The number of nitrogens with one attached hydrogen (secondary N) is 1. The summed E-state index contributed by atoms with van der Waals surface area (Å²) < 4.78 is 52.8. The molecule has 0 bridgehead atoms. The van der Waals surface area contributed by atoms with Crippen LogP contribution in [0.2, 0.25) is 0 Å². The summed E-state index contributed by atoms with van der Waals surface area (Å²) in [5, 5.41) is 0.00822. The summed E-state index contributed by atoms with van der Waals surface area (Å²) in [5.74, 6) is -1.31. The lowest BCUT2D eigenvalue weighted by Crippen LogP contribution is -2.21. The van der Waals surface area contributed by atoms with Crippen LogP contribution >= 0.6 is 0 Å². The number of rotatable bonds is 7. The van der Waals surface area contributed by atoms with Gasteiger partial charge in [0.2, 0.25) is 15.5 Å². The molecule has 0 aliphatic heterocycles. The molecular formula is C22H22FN3O6S. The topological polar surface area (TPSA) is 117 Å². The second-order valence-corrected chi connectivity index (χ2v) is 9.45. The SMILES string of the molecule is CCOC(=O)c1cn(C2CC2)c2c(OC)c(-c3ccc(NS(C)(=O)=O)nc3)c(F)cc2c1=O. The number of hydrogen-bond donors (Lipinski definition) is 1. The van der Waals surface area contributed by atoms with Gasteiger partial charge in [0, 0.05) is 24.0 Å². The van der Waals surface area contributed by atoms with E-state index in [0.717, 1.165) is 25.2 Å². The molecule has 4 rings (SSSR count). The molecule has 2 heterocycles. The van der Waals surface area contributed by atoms with Crippen LogP contribution in [0.25, 0.3) is 22.0 Å². The number of anilines is 1. The maximum atomic E-state index is 15.4. The Hall–Kier alpha value is -3.47. The Morgan fingerprint density at radius 1 is 1.33 bits per heavy atom. The molecule has 1 aromatic carbocycles. The number of esters is 1. The number of ether oxygens (including phenoxy) is 2. The van der Waals surface area contributed by atoms with Gasteiger partial charge in [0.25, 0.3) is 0 Å². The largest absolute Gasteiger partial charge is 0.494 e. The standard InChI is InChI=1S/C22H22FN3O6S/c1-4-32-22(28)15-11-26(13-6-7-13)19-14(20(15)27)9-16(23)18(21(19)31-2)12-5-8-17(24-10-12)25-33(3,29)30/h5,8-11,13H,4,6-7H2,1-3H3,(H,24,25). The van der Waals surface area contributed by atoms with E-state index in [-0.39, 0.29) is 40.7 Å². The first-order valence-corrected chi connectivity index (χ1v) is 12.1. The van der Waals surface area contributed by atoms with Crippen molar-refractivity contribution in [2.24, 2.45) is 0 Å². The van der Waals surface area contributed by atoms with Gasteiger partial charge in [-0.2, -0.15) is 0 Å². The van der Waals surface area contributed by atoms with E-state index >= 15 is 4.39 Å². The minimum atomic E-state index is -3.52. The van der Waals surface area contributed by atoms with Crippen LogP contribution in [0.15, 0.2) is 35.4 Å². The number of pyridine rings is 2. The lowest BCUT2D eigenvalue weighted by molar-refractivity contribution is 0.0524. The van der Waals surface area contributed by atoms with Crippen molar-refractivity contribution in [1.29, 1.82) is 0 Å². The fraction of sp³-hybridized carbons (Fsp3) is 0.318. The van der Waals surface area contributed by atoms with E-state index in [1.165, 1.54) is 31.6 Å². The predicted octanol–water partition coefficient (Wildman–Crippen LogP) is 3.09. The van der Waals surface area contributed by atoms with Gasteiger partial charge in [-0.3, -0.25) is 9.52 Å². The molecule has 1 aliphatic carbocycles. The Morgan fingerprint density at radius 2 is 2.06 bits per heavy atom. The number of sulfonamides is 1. The highest BCUT2D eigenvalue weighted by Crippen LogP contribution is 2.43. The highest BCUT2D eigenvalue weighted by atomic mass is 32.2. The fourth-order valence-electron chi connectivity index (χ4n) is 3.71. The summed E-state index contributed by atoms with van der Waals surface area (Å²) >= 11 is 0. The molecule has 2 aromatic heterocycles. The zero-order chi connectivity index (χ0) is 23.9. The van der Waals surface area contributed by atoms with E-state index in [0.29, 0.717) is 11.1 Å². The molecule has 0 radical (unpaired) electrons. The molecule has 0 spiro atoms. The molecule has 0 atom stereocenters. The first kappa shape index (κ1) is 22.7. The van der Waals surface area contributed by atoms with Crippen molar-refractivity contribution in [3.8, 4) is 16.9 Å². The monoisotopic (exact) mass is 475 g/mol. The third kappa shape index (κ3) is 4.40. The van der Waals surface area contributed by atoms with Crippen molar-refractivity contribution in [3.05, 3.63) is 52.2 Å². The van der Waals surface area contributed by atoms with Crippen LogP contribution in [0, 0.1) is 5.82 Å². The van der Waals surface area contributed by atoms with Crippen LogP contribution in [-0.4, -0.2) is 43.9 Å². The number of hydrogen-bond acceptors (Lipinski definition) is 7. The maximum Gasteiger partial charge on any atom is 0.343 e. The summed E-state index contributed by atoms with van der Waals surface area (Å²) in [6.45, 7) is 1.74. The number of benzene rings is 1. The number of halogens is 1. The van der Waals surface area contributed by atoms with E-state index in [1.807, 2.05) is 0 Å². The van der Waals surface area contributed by atoms with Gasteiger partial charge in [0.15, 0.2) is 5.75 Å². The summed E-state index contributed by atoms with van der Waals surface area (Å²) in [6.07, 6.45) is 5.43. The fourth-order valence-corrected chi connectivity index (χ4v) is 4.21. The quantitative estimate of drug-likeness (QED) is 0.522. The third-order valence-corrected chi connectivity index (χ3v) is 5.78. The molecule has 174 valence electrons. The predicted molar refractivity (Wildman–Crippen MR) is 121 cm³/mol. The molecule has 1 saturated carbocycles. The van der Waals surface area contributed by atoms with Crippen molar-refractivity contribution in [1.82, 2.24) is 9.55 Å². The first-order valence-electron chi connectivity index (χ1n) is 10.2. The minimum Gasteiger partial charge on any atom is -0.494 e. The minimum absolute atomic E-state index is 0.00822. The van der Waals surface area contributed by atoms with Crippen LogP contribution in [0.4, 0.5) is 10.2 Å². The van der Waals surface area contributed by atoms with E-state index in [2.05, 4.69) is 9.71 Å². The Morgan fingerprint density at radius 3 is 2.61 bits per heavy atom. The molecule has 0 saturated heterocycles. The third-order valence-electron chi connectivity index (χ3n) is 5.20. The van der Waals surface area contributed by atoms with Gasteiger partial charge in [0.05, 0.1) is 36.4 Å². The van der Waals surface area contributed by atoms with Crippen LogP contribution in [-0.2, 0) is 14.8 Å². The second-order valence-electron chi connectivity index (χ2n) is 7.70. The van der Waals surface area contributed by atoms with E-state index in [9.17, 15) is 18.0 Å². The molecule has 3 aromatic rings. The lowest BCUT2D eigenvalue weighted by Gasteiger charge is -2.18. The highest BCUT2D eigenvalue weighted by Gasteiger charge is 2.30. The van der Waals surface area contributed by atoms with E-state index in [1.54, 1.807) is 11.5 Å². The van der Waals surface area contributed by atoms with Crippen molar-refractivity contribution < 1.29 is 27.1 Å². The van der Waals surface area contributed by atoms with Gasteiger partial charge in [0.1, 0.15) is 17.2 Å². The normalized spacial score (nSPS) is 13.7. The van der Waals surface area contributed by atoms with Crippen LogP contribution in [0.1, 0.15) is 36.2 Å². The van der Waals surface area contributed by atoms with Gasteiger partial charge in [-0.15, -0.1) is 0 Å². The second kappa shape index (κ2) is 8.47. The molecule has 1 N–H and O–H groups in total. The van der Waals surface area contributed by atoms with Gasteiger partial charge in [-0.25, -0.2) is 22.6 Å². The molecule has 1 fully saturated rings. The zero-order valence-electron chi connectivity index (χ0n) is 18.2. The summed E-state index contributed by atoms with van der Waals surface area (Å²) in [4.78, 5) is 29.5. The molecular weight excluding hydrogens is 453 g/mol. The van der Waals surface area contributed by atoms with Gasteiger partial charge < -0.3 is 14.0 Å². The maximum absolute atomic E-state index is 15.4. The summed E-state index contributed by atoms with van der Waals surface area (Å²) in [5.41, 5.74) is -0.0401. The lowest BCUT2D eigenvalue weighted by atomic mass is 10.0. The van der Waals surface area contributed by atoms with Crippen LogP contribution in [0.5, 0.6) is 5.75 Å². The Bertz CT molecular complexity index is 1410. The number of methoxy groups -OCH3 is 1. The summed E-state index contributed by atoms with van der Waals surface area (Å²) in [7, 11) is -2.15. The van der Waals surface area contributed by atoms with Crippen molar-refractivity contribution in [2.75, 3.05) is 24.7 Å². The summed E-state index contributed by atoms with van der Waals surface area (Å²) in [6, 6.07) is 4.02. The highest BCUT2D eigenvalue weighted by molar-refractivity contribution is 7.92. The first-order chi connectivity index (χ1) is 15.6. The van der Waals surface area contributed by atoms with E-state index in [4.69, 9.17) is 9.47 Å². The number of aromatic nitrogens is 2. The average molecular weight is 475 g/mol. The zero-order valence-corrected chi connectivity index (χ0v) is 19.0. The molecule has 11 heteroatoms. The van der Waals surface area contributed by atoms with Crippen molar-refractivity contribution >= 4 is 32.7 Å². The molecule has 0 amide bonds. The Balaban J connectivity index is 1.95. The Kier molecular flexibility index (Phi) is 5.83. The molecule has 33 heavy (non-hydrogen) atoms. The molecule has 1 aliphatic rings. The van der Waals surface area contributed by atoms with E-state index < -0.39 is 27.2 Å². The smallest absolute Gasteiger partial charge is 0.343 e. The molecule has 0 unspecified atom stereocenters. The number of carbonyl (C=O) groups is 1. The van der Waals surface area contributed by atoms with Crippen molar-refractivity contribution in [2.45, 2.75) is 25.8 Å². The Labute approximate surface area is 189 Å². The van der Waals surface area contributed by atoms with Gasteiger partial charge >= 0.3 is 5.97 Å². The number of nitrogens with zero attached hydrogens (tertiary/aromatic N) is 2. The van der Waals surface area contributed by atoms with Crippen LogP contribution < -0.4 is 14.9 Å². The number of carbonyl (C=O) groups excluding carboxylic acids is 1. The average Bonchev–Trinajstić information content (AvgIpc) is 3.58.